The summed E-state index contributed by atoms with van der Waals surface area (Å²) in [7, 11) is 0. The third-order valence-electron chi connectivity index (χ3n) is 5.49. The van der Waals surface area contributed by atoms with Gasteiger partial charge in [-0.3, -0.25) is 4.79 Å². The van der Waals surface area contributed by atoms with Gasteiger partial charge in [-0.1, -0.05) is 91.9 Å². The fraction of sp³-hybridized carbons (Fsp3) is 0.917. The molecule has 0 radical (unpaired) electrons. The molecule has 0 heterocycles. The normalized spacial score (nSPS) is 13.7. The number of carboxylic acids is 2. The van der Waals surface area contributed by atoms with Gasteiger partial charge in [0.1, 0.15) is 0 Å². The second kappa shape index (κ2) is 16.7. The van der Waals surface area contributed by atoms with E-state index in [4.69, 9.17) is 4.74 Å². The minimum Gasteiger partial charge on any atom is -0.481 e. The largest absolute Gasteiger partial charge is 0.481 e. The first-order valence-corrected chi connectivity index (χ1v) is 11.8. The van der Waals surface area contributed by atoms with E-state index < -0.39 is 24.0 Å². The fourth-order valence-corrected chi connectivity index (χ4v) is 3.65. The first kappa shape index (κ1) is 27.9. The van der Waals surface area contributed by atoms with E-state index in [2.05, 4.69) is 27.7 Å². The van der Waals surface area contributed by atoms with Crippen molar-refractivity contribution in [3.8, 4) is 0 Å². The van der Waals surface area contributed by atoms with Gasteiger partial charge in [-0.25, -0.2) is 4.79 Å². The lowest BCUT2D eigenvalue weighted by molar-refractivity contribution is -0.174. The van der Waals surface area contributed by atoms with Crippen LogP contribution in [0.5, 0.6) is 0 Å². The molecule has 5 nitrogen and oxygen atoms in total. The van der Waals surface area contributed by atoms with Gasteiger partial charge in [-0.15, -0.1) is 0 Å². The molecule has 0 amide bonds. The van der Waals surface area contributed by atoms with E-state index in [9.17, 15) is 19.8 Å². The van der Waals surface area contributed by atoms with Crippen molar-refractivity contribution in [2.75, 3.05) is 6.61 Å². The van der Waals surface area contributed by atoms with Crippen LogP contribution in [-0.2, 0) is 14.3 Å². The van der Waals surface area contributed by atoms with Crippen molar-refractivity contribution in [2.45, 2.75) is 123 Å². The molecule has 0 aliphatic carbocycles. The van der Waals surface area contributed by atoms with E-state index >= 15 is 0 Å². The summed E-state index contributed by atoms with van der Waals surface area (Å²) in [6, 6.07) is 0. The Morgan fingerprint density at radius 1 is 0.724 bits per heavy atom. The number of carbonyl (C=O) groups is 2. The van der Waals surface area contributed by atoms with Gasteiger partial charge < -0.3 is 14.9 Å². The van der Waals surface area contributed by atoms with Crippen molar-refractivity contribution in [3.63, 3.8) is 0 Å². The highest BCUT2D eigenvalue weighted by molar-refractivity contribution is 5.83. The second-order valence-corrected chi connectivity index (χ2v) is 9.37. The number of hydrogen-bond donors (Lipinski definition) is 2. The van der Waals surface area contributed by atoms with Crippen molar-refractivity contribution >= 4 is 11.9 Å². The van der Waals surface area contributed by atoms with Crippen LogP contribution in [0.4, 0.5) is 0 Å². The Morgan fingerprint density at radius 2 is 1.17 bits per heavy atom. The molecule has 0 saturated heterocycles. The van der Waals surface area contributed by atoms with Crippen molar-refractivity contribution in [3.05, 3.63) is 0 Å². The summed E-state index contributed by atoms with van der Waals surface area (Å²) in [6.07, 6.45) is 12.6. The summed E-state index contributed by atoms with van der Waals surface area (Å²) >= 11 is 0. The predicted octanol–water partition coefficient (Wildman–Crippen LogP) is 6.68. The summed E-state index contributed by atoms with van der Waals surface area (Å²) in [5, 5.41) is 18.9. The Bertz CT molecular complexity index is 433. The lowest BCUT2D eigenvalue weighted by atomic mass is 9.91. The third kappa shape index (κ3) is 15.4. The minimum absolute atomic E-state index is 0.271. The van der Waals surface area contributed by atoms with Gasteiger partial charge in [0.2, 0.25) is 0 Å². The summed E-state index contributed by atoms with van der Waals surface area (Å²) < 4.78 is 5.73. The molecule has 0 aromatic carbocycles. The molecule has 5 heteroatoms. The van der Waals surface area contributed by atoms with Crippen LogP contribution in [0.2, 0.25) is 0 Å². The van der Waals surface area contributed by atoms with Crippen LogP contribution in [-0.4, -0.2) is 34.4 Å². The van der Waals surface area contributed by atoms with E-state index in [0.29, 0.717) is 18.9 Å². The van der Waals surface area contributed by atoms with Crippen LogP contribution in [0.15, 0.2) is 0 Å². The van der Waals surface area contributed by atoms with E-state index in [-0.39, 0.29) is 6.42 Å². The molecule has 0 rings (SSSR count). The number of carboxylic acid groups (broad SMARTS) is 2. The van der Waals surface area contributed by atoms with Crippen molar-refractivity contribution in [2.24, 2.45) is 11.8 Å². The molecule has 0 aliphatic heterocycles. The average molecular weight is 415 g/mol. The highest BCUT2D eigenvalue weighted by Crippen LogP contribution is 2.26. The number of hydrogen-bond acceptors (Lipinski definition) is 3. The molecule has 0 fully saturated rings. The molecule has 0 aromatic heterocycles. The van der Waals surface area contributed by atoms with Crippen LogP contribution in [0, 0.1) is 11.8 Å². The predicted molar refractivity (Wildman–Crippen MR) is 118 cm³/mol. The maximum absolute atomic E-state index is 11.9. The second-order valence-electron chi connectivity index (χ2n) is 9.37. The summed E-state index contributed by atoms with van der Waals surface area (Å²) in [5.74, 6) is -0.802. The molecule has 0 saturated carbocycles. The number of aliphatic carboxylic acids is 2. The van der Waals surface area contributed by atoms with E-state index in [1.54, 1.807) is 0 Å². The van der Waals surface area contributed by atoms with Gasteiger partial charge in [0.05, 0.1) is 6.42 Å². The van der Waals surface area contributed by atoms with Crippen molar-refractivity contribution in [1.82, 2.24) is 0 Å². The zero-order chi connectivity index (χ0) is 22.1. The SMILES string of the molecule is CC(C)CCCCCCCOC(CCCCCCCC(C)C)(CC(=O)O)C(=O)O. The molecule has 0 aromatic rings. The minimum atomic E-state index is -1.58. The lowest BCUT2D eigenvalue weighted by Gasteiger charge is -2.28. The molecule has 1 unspecified atom stereocenters. The molecule has 0 aliphatic rings. The number of rotatable bonds is 20. The summed E-state index contributed by atoms with van der Waals surface area (Å²) in [4.78, 5) is 23.2. The first-order valence-electron chi connectivity index (χ1n) is 11.8. The van der Waals surface area contributed by atoms with Crippen LogP contribution in [0.3, 0.4) is 0 Å². The van der Waals surface area contributed by atoms with Crippen LogP contribution in [0.25, 0.3) is 0 Å². The Kier molecular flexibility index (Phi) is 16.0. The Balaban J connectivity index is 4.28. The molecule has 2 N–H and O–H groups in total. The quantitative estimate of drug-likeness (QED) is 0.217. The van der Waals surface area contributed by atoms with Crippen molar-refractivity contribution in [1.29, 1.82) is 0 Å². The lowest BCUT2D eigenvalue weighted by Crippen LogP contribution is -2.44. The highest BCUT2D eigenvalue weighted by Gasteiger charge is 2.41. The van der Waals surface area contributed by atoms with E-state index in [0.717, 1.165) is 44.4 Å². The zero-order valence-corrected chi connectivity index (χ0v) is 19.4. The van der Waals surface area contributed by atoms with Gasteiger partial charge >= 0.3 is 11.9 Å². The number of ether oxygens (including phenoxy) is 1. The molecular weight excluding hydrogens is 368 g/mol. The third-order valence-corrected chi connectivity index (χ3v) is 5.49. The van der Waals surface area contributed by atoms with Gasteiger partial charge in [0.25, 0.3) is 0 Å². The first-order chi connectivity index (χ1) is 13.7. The van der Waals surface area contributed by atoms with Gasteiger partial charge in [-0.2, -0.15) is 0 Å². The zero-order valence-electron chi connectivity index (χ0n) is 19.4. The molecular formula is C24H46O5. The molecule has 0 spiro atoms. The van der Waals surface area contributed by atoms with Gasteiger partial charge in [0.15, 0.2) is 5.60 Å². The highest BCUT2D eigenvalue weighted by atomic mass is 16.5. The maximum Gasteiger partial charge on any atom is 0.336 e. The Labute approximate surface area is 178 Å². The van der Waals surface area contributed by atoms with Crippen LogP contribution >= 0.6 is 0 Å². The molecule has 0 bridgehead atoms. The number of unbranched alkanes of at least 4 members (excludes halogenated alkanes) is 8. The molecule has 172 valence electrons. The topological polar surface area (TPSA) is 83.8 Å². The van der Waals surface area contributed by atoms with Crippen LogP contribution < -0.4 is 0 Å². The van der Waals surface area contributed by atoms with Gasteiger partial charge in [-0.05, 0) is 31.1 Å². The van der Waals surface area contributed by atoms with Gasteiger partial charge in [0, 0.05) is 6.61 Å². The van der Waals surface area contributed by atoms with E-state index in [1.807, 2.05) is 0 Å². The average Bonchev–Trinajstić information content (AvgIpc) is 2.61. The monoisotopic (exact) mass is 414 g/mol. The molecule has 29 heavy (non-hydrogen) atoms. The standard InChI is InChI=1S/C24H46O5/c1-20(2)15-11-7-5-9-13-17-24(23(27)28,19-22(25)26)29-18-14-10-6-8-12-16-21(3)4/h20-21H,5-19H2,1-4H3,(H,25,26)(H,27,28). The Hall–Kier alpha value is -1.10. The van der Waals surface area contributed by atoms with E-state index in [1.165, 1.54) is 32.1 Å². The van der Waals surface area contributed by atoms with Crippen molar-refractivity contribution < 1.29 is 24.5 Å². The summed E-state index contributed by atoms with van der Waals surface area (Å²) in [6.45, 7) is 9.21. The smallest absolute Gasteiger partial charge is 0.336 e. The summed E-state index contributed by atoms with van der Waals surface area (Å²) in [5.41, 5.74) is -1.58. The maximum atomic E-state index is 11.9. The van der Waals surface area contributed by atoms with Crippen LogP contribution in [0.1, 0.15) is 118 Å². The fourth-order valence-electron chi connectivity index (χ4n) is 3.65. The molecule has 1 atom stereocenters. The Morgan fingerprint density at radius 3 is 1.62 bits per heavy atom.